The highest BCUT2D eigenvalue weighted by atomic mass is 16.5. The average molecular weight is 471 g/mol. The lowest BCUT2D eigenvalue weighted by molar-refractivity contribution is 0.0904. The summed E-state index contributed by atoms with van der Waals surface area (Å²) in [7, 11) is 0. The fourth-order valence-electron chi connectivity index (χ4n) is 5.50. The highest BCUT2D eigenvalue weighted by Gasteiger charge is 2.33. The molecule has 0 bridgehead atoms. The van der Waals surface area contributed by atoms with Gasteiger partial charge in [0.05, 0.1) is 18.2 Å². The minimum absolute atomic E-state index is 0.0956. The minimum Gasteiger partial charge on any atom is -0.376 e. The fourth-order valence-corrected chi connectivity index (χ4v) is 5.50. The lowest BCUT2D eigenvalue weighted by atomic mass is 9.95. The van der Waals surface area contributed by atoms with Gasteiger partial charge in [0.25, 0.3) is 5.56 Å². The lowest BCUT2D eigenvalue weighted by Crippen LogP contribution is -2.39. The Morgan fingerprint density at radius 1 is 1.17 bits per heavy atom. The molecule has 1 saturated heterocycles. The van der Waals surface area contributed by atoms with Gasteiger partial charge in [0.15, 0.2) is 5.82 Å². The molecule has 6 rings (SSSR count). The van der Waals surface area contributed by atoms with Gasteiger partial charge in [0.1, 0.15) is 6.04 Å². The maximum atomic E-state index is 13.6. The molecule has 2 aromatic heterocycles. The maximum Gasteiger partial charge on any atom is 0.253 e. The van der Waals surface area contributed by atoms with Crippen LogP contribution in [0.25, 0.3) is 10.9 Å². The van der Waals surface area contributed by atoms with E-state index in [4.69, 9.17) is 4.74 Å². The van der Waals surface area contributed by atoms with Gasteiger partial charge in [-0.25, -0.2) is 4.68 Å². The number of hydrogen-bond acceptors (Lipinski definition) is 6. The molecule has 2 atom stereocenters. The Labute approximate surface area is 203 Å². The van der Waals surface area contributed by atoms with Crippen LogP contribution in [0.2, 0.25) is 0 Å². The molecule has 8 nitrogen and oxygen atoms in total. The van der Waals surface area contributed by atoms with Gasteiger partial charge in [-0.3, -0.25) is 9.69 Å². The number of benzene rings is 2. The van der Waals surface area contributed by atoms with E-state index in [-0.39, 0.29) is 17.7 Å². The summed E-state index contributed by atoms with van der Waals surface area (Å²) in [6, 6.07) is 14.4. The summed E-state index contributed by atoms with van der Waals surface area (Å²) in [5, 5.41) is 13.8. The van der Waals surface area contributed by atoms with E-state index in [0.29, 0.717) is 17.9 Å². The second-order valence-corrected chi connectivity index (χ2v) is 9.77. The number of aryl methyl sites for hydroxylation is 2. The van der Waals surface area contributed by atoms with E-state index in [2.05, 4.69) is 75.7 Å². The van der Waals surface area contributed by atoms with E-state index < -0.39 is 0 Å². The van der Waals surface area contributed by atoms with Crippen molar-refractivity contribution in [1.29, 1.82) is 0 Å². The Kier molecular flexibility index (Phi) is 5.70. The summed E-state index contributed by atoms with van der Waals surface area (Å²) in [6.07, 6.45) is 3.07. The highest BCUT2D eigenvalue weighted by molar-refractivity contribution is 5.83. The molecule has 4 heterocycles. The number of fused-ring (bicyclic) bond motifs is 2. The molecule has 0 saturated carbocycles. The largest absolute Gasteiger partial charge is 0.376 e. The zero-order valence-electron chi connectivity index (χ0n) is 20.2. The van der Waals surface area contributed by atoms with Crippen LogP contribution in [0.4, 0.5) is 0 Å². The van der Waals surface area contributed by atoms with E-state index >= 15 is 0 Å². The molecular weight excluding hydrogens is 440 g/mol. The minimum atomic E-state index is -0.366. The summed E-state index contributed by atoms with van der Waals surface area (Å²) in [4.78, 5) is 19.1. The van der Waals surface area contributed by atoms with Crippen LogP contribution in [0, 0.1) is 13.8 Å². The average Bonchev–Trinajstić information content (AvgIpc) is 3.55. The Bertz CT molecular complexity index is 1440. The molecule has 2 aliphatic rings. The zero-order chi connectivity index (χ0) is 23.9. The fraction of sp³-hybridized carbons (Fsp3) is 0.407. The Balaban J connectivity index is 1.47. The Morgan fingerprint density at radius 2 is 2.03 bits per heavy atom. The predicted molar refractivity (Wildman–Crippen MR) is 133 cm³/mol. The molecule has 2 aliphatic heterocycles. The summed E-state index contributed by atoms with van der Waals surface area (Å²) >= 11 is 0. The van der Waals surface area contributed by atoms with Gasteiger partial charge in [-0.1, -0.05) is 36.4 Å². The number of ether oxygens (including phenoxy) is 1. The Hall–Kier alpha value is -3.36. The van der Waals surface area contributed by atoms with Crippen LogP contribution in [-0.2, 0) is 24.2 Å². The summed E-state index contributed by atoms with van der Waals surface area (Å²) in [6.45, 7) is 7.03. The number of aromatic nitrogens is 5. The van der Waals surface area contributed by atoms with Crippen LogP contribution in [0.15, 0.2) is 47.3 Å². The van der Waals surface area contributed by atoms with Crippen molar-refractivity contribution >= 4 is 10.9 Å². The molecule has 0 radical (unpaired) electrons. The molecular formula is C27H30N6O2. The van der Waals surface area contributed by atoms with Crippen molar-refractivity contribution in [2.24, 2.45) is 0 Å². The quantitative estimate of drug-likeness (QED) is 0.481. The lowest BCUT2D eigenvalue weighted by Gasteiger charge is -2.35. The number of nitrogens with one attached hydrogen (secondary N) is 1. The smallest absolute Gasteiger partial charge is 0.253 e. The van der Waals surface area contributed by atoms with Crippen LogP contribution < -0.4 is 5.56 Å². The normalized spacial score (nSPS) is 19.2. The number of H-pyrrole nitrogens is 1. The van der Waals surface area contributed by atoms with Gasteiger partial charge in [0, 0.05) is 25.3 Å². The van der Waals surface area contributed by atoms with E-state index in [1.54, 1.807) is 0 Å². The molecule has 4 aromatic rings. The van der Waals surface area contributed by atoms with E-state index in [1.807, 2.05) is 10.7 Å². The van der Waals surface area contributed by atoms with Crippen molar-refractivity contribution in [2.75, 3.05) is 13.2 Å². The summed E-state index contributed by atoms with van der Waals surface area (Å²) in [5.41, 5.74) is 6.36. The van der Waals surface area contributed by atoms with E-state index in [0.717, 1.165) is 61.0 Å². The number of rotatable bonds is 5. The molecule has 180 valence electrons. The Morgan fingerprint density at radius 3 is 2.86 bits per heavy atom. The van der Waals surface area contributed by atoms with Crippen LogP contribution >= 0.6 is 0 Å². The van der Waals surface area contributed by atoms with Crippen molar-refractivity contribution in [2.45, 2.75) is 58.3 Å². The summed E-state index contributed by atoms with van der Waals surface area (Å²) in [5.74, 6) is 0.688. The second kappa shape index (κ2) is 9.02. The van der Waals surface area contributed by atoms with Crippen molar-refractivity contribution in [1.82, 2.24) is 30.1 Å². The first kappa shape index (κ1) is 22.1. The summed E-state index contributed by atoms with van der Waals surface area (Å²) < 4.78 is 7.71. The first-order valence-corrected chi connectivity index (χ1v) is 12.4. The van der Waals surface area contributed by atoms with Gasteiger partial charge >= 0.3 is 0 Å². The van der Waals surface area contributed by atoms with Crippen molar-refractivity contribution in [3.8, 4) is 0 Å². The first-order valence-electron chi connectivity index (χ1n) is 12.4. The third-order valence-electron chi connectivity index (χ3n) is 7.60. The SMILES string of the molecule is Cc1ccc2cc([C@H](c3nnnn3C[C@@H]3CCCO3)N3CCc4ccccc4C3)c(=O)[nH]c2c1C. The van der Waals surface area contributed by atoms with Crippen molar-refractivity contribution in [3.63, 3.8) is 0 Å². The third kappa shape index (κ3) is 4.06. The first-order chi connectivity index (χ1) is 17.1. The van der Waals surface area contributed by atoms with E-state index in [9.17, 15) is 4.79 Å². The van der Waals surface area contributed by atoms with Crippen LogP contribution in [0.1, 0.15) is 52.5 Å². The van der Waals surface area contributed by atoms with Gasteiger partial charge in [0.2, 0.25) is 0 Å². The molecule has 0 amide bonds. The van der Waals surface area contributed by atoms with Gasteiger partial charge in [-0.15, -0.1) is 5.10 Å². The highest BCUT2D eigenvalue weighted by Crippen LogP contribution is 2.32. The molecule has 1 fully saturated rings. The molecule has 0 aliphatic carbocycles. The molecule has 0 spiro atoms. The monoisotopic (exact) mass is 470 g/mol. The van der Waals surface area contributed by atoms with Gasteiger partial charge in [-0.05, 0) is 77.2 Å². The number of pyridine rings is 1. The van der Waals surface area contributed by atoms with Crippen molar-refractivity contribution < 1.29 is 4.74 Å². The number of aromatic amines is 1. The molecule has 35 heavy (non-hydrogen) atoms. The zero-order valence-corrected chi connectivity index (χ0v) is 20.2. The number of hydrogen-bond donors (Lipinski definition) is 1. The van der Waals surface area contributed by atoms with Crippen LogP contribution in [0.5, 0.6) is 0 Å². The maximum absolute atomic E-state index is 13.6. The second-order valence-electron chi connectivity index (χ2n) is 9.77. The number of tetrazole rings is 1. The molecule has 1 N–H and O–H groups in total. The van der Waals surface area contributed by atoms with Gasteiger partial charge < -0.3 is 9.72 Å². The van der Waals surface area contributed by atoms with Crippen LogP contribution in [-0.4, -0.2) is 49.3 Å². The van der Waals surface area contributed by atoms with Gasteiger partial charge in [-0.2, -0.15) is 0 Å². The van der Waals surface area contributed by atoms with Crippen molar-refractivity contribution in [3.05, 3.63) is 86.5 Å². The topological polar surface area (TPSA) is 88.9 Å². The molecule has 8 heteroatoms. The predicted octanol–water partition coefficient (Wildman–Crippen LogP) is 3.46. The molecule has 0 unspecified atom stereocenters. The van der Waals surface area contributed by atoms with E-state index in [1.165, 1.54) is 11.1 Å². The molecule has 2 aromatic carbocycles. The van der Waals surface area contributed by atoms with Crippen LogP contribution in [0.3, 0.4) is 0 Å². The third-order valence-corrected chi connectivity index (χ3v) is 7.60. The standard InChI is InChI=1S/C27H30N6O2/c1-17-9-10-20-14-23(27(34)28-24(20)18(17)2)25(32-12-11-19-6-3-4-7-21(19)15-32)26-29-30-31-33(26)16-22-8-5-13-35-22/h3-4,6-7,9-10,14,22,25H,5,8,11-13,15-16H2,1-2H3,(H,28,34)/t22-,25+/m0/s1. The number of nitrogens with zero attached hydrogens (tertiary/aromatic N) is 5.